The molecule has 0 unspecified atom stereocenters. The average molecular weight is 364 g/mol. The minimum Gasteiger partial charge on any atom is -0.481 e. The fourth-order valence-electron chi connectivity index (χ4n) is 4.44. The fourth-order valence-corrected chi connectivity index (χ4v) is 4.44. The van der Waals surface area contributed by atoms with Gasteiger partial charge in [0.05, 0.1) is 11.8 Å². The van der Waals surface area contributed by atoms with Crippen LogP contribution in [0, 0.1) is 11.8 Å². The van der Waals surface area contributed by atoms with Crippen molar-refractivity contribution < 1.29 is 14.7 Å². The van der Waals surface area contributed by atoms with E-state index in [4.69, 9.17) is 0 Å². The Bertz CT molecular complexity index is 500. The molecule has 0 aliphatic heterocycles. The minimum absolute atomic E-state index is 0.0404. The van der Waals surface area contributed by atoms with Crippen molar-refractivity contribution in [1.29, 1.82) is 0 Å². The third-order valence-corrected chi connectivity index (χ3v) is 6.37. The van der Waals surface area contributed by atoms with Gasteiger partial charge in [-0.2, -0.15) is 0 Å². The van der Waals surface area contributed by atoms with Crippen LogP contribution in [0.4, 0.5) is 0 Å². The zero-order valence-corrected chi connectivity index (χ0v) is 16.7. The van der Waals surface area contributed by atoms with Crippen LogP contribution in [-0.4, -0.2) is 23.0 Å². The van der Waals surface area contributed by atoms with Crippen LogP contribution in [0.1, 0.15) is 97.3 Å². The molecule has 2 rings (SSSR count). The van der Waals surface area contributed by atoms with Gasteiger partial charge in [-0.25, -0.2) is 0 Å². The van der Waals surface area contributed by atoms with E-state index in [0.29, 0.717) is 12.8 Å². The highest BCUT2D eigenvalue weighted by molar-refractivity contribution is 5.85. The predicted molar refractivity (Wildman–Crippen MR) is 105 cm³/mol. The number of aliphatic carboxylic acids is 1. The first kappa shape index (κ1) is 21.0. The number of carboxylic acid groups (broad SMARTS) is 1. The Kier molecular flexibility index (Phi) is 8.67. The molecule has 1 fully saturated rings. The maximum Gasteiger partial charge on any atom is 0.307 e. The molecule has 2 aliphatic rings. The van der Waals surface area contributed by atoms with Crippen molar-refractivity contribution >= 4 is 11.9 Å². The van der Waals surface area contributed by atoms with Gasteiger partial charge >= 0.3 is 5.97 Å². The number of nitrogens with one attached hydrogen (secondary N) is 1. The lowest BCUT2D eigenvalue weighted by Crippen LogP contribution is -2.44. The van der Waals surface area contributed by atoms with Crippen LogP contribution < -0.4 is 5.32 Å². The molecule has 0 spiro atoms. The van der Waals surface area contributed by atoms with Gasteiger partial charge in [-0.3, -0.25) is 9.59 Å². The van der Waals surface area contributed by atoms with Crippen molar-refractivity contribution in [2.75, 3.05) is 0 Å². The van der Waals surface area contributed by atoms with E-state index in [1.165, 1.54) is 50.5 Å². The molecule has 0 aromatic heterocycles. The lowest BCUT2D eigenvalue weighted by molar-refractivity contribution is -0.147. The molecule has 2 N–H and O–H groups in total. The van der Waals surface area contributed by atoms with Crippen LogP contribution in [0.2, 0.25) is 0 Å². The molecular weight excluding hydrogens is 326 g/mol. The van der Waals surface area contributed by atoms with Crippen LogP contribution in [0.25, 0.3) is 0 Å². The lowest BCUT2D eigenvalue weighted by atomic mass is 9.76. The second kappa shape index (κ2) is 10.7. The van der Waals surface area contributed by atoms with Gasteiger partial charge in [0.2, 0.25) is 5.91 Å². The standard InChI is InChI=1S/C22H37NO3/c1-16-14-19(20(22(25)26)15-17(16)2)21(24)23-18-12-10-8-6-4-3-5-7-9-11-13-18/h18-20H,3-15H2,1-2H3,(H,23,24)(H,25,26)/t19-,20-/m1/s1. The molecule has 0 bridgehead atoms. The molecule has 0 saturated heterocycles. The van der Waals surface area contributed by atoms with Crippen molar-refractivity contribution in [2.24, 2.45) is 11.8 Å². The molecule has 4 heteroatoms. The van der Waals surface area contributed by atoms with E-state index < -0.39 is 17.8 Å². The Morgan fingerprint density at radius 1 is 0.769 bits per heavy atom. The first-order valence-corrected chi connectivity index (χ1v) is 10.7. The smallest absolute Gasteiger partial charge is 0.307 e. The second-order valence-electron chi connectivity index (χ2n) is 8.48. The van der Waals surface area contributed by atoms with Crippen LogP contribution in [0.3, 0.4) is 0 Å². The predicted octanol–water partition coefficient (Wildman–Crippen LogP) is 5.22. The number of carbonyl (C=O) groups excluding carboxylic acids is 1. The number of carbonyl (C=O) groups is 2. The van der Waals surface area contributed by atoms with Crippen LogP contribution in [-0.2, 0) is 9.59 Å². The molecule has 0 aromatic carbocycles. The molecule has 26 heavy (non-hydrogen) atoms. The Hall–Kier alpha value is -1.32. The summed E-state index contributed by atoms with van der Waals surface area (Å²) in [6, 6.07) is 0.212. The number of hydrogen-bond donors (Lipinski definition) is 2. The summed E-state index contributed by atoms with van der Waals surface area (Å²) >= 11 is 0. The van der Waals surface area contributed by atoms with Gasteiger partial charge in [-0.05, 0) is 39.5 Å². The van der Waals surface area contributed by atoms with Crippen molar-refractivity contribution in [3.05, 3.63) is 11.1 Å². The van der Waals surface area contributed by atoms with Gasteiger partial charge in [0, 0.05) is 6.04 Å². The summed E-state index contributed by atoms with van der Waals surface area (Å²) in [5, 5.41) is 12.8. The third-order valence-electron chi connectivity index (χ3n) is 6.37. The van der Waals surface area contributed by atoms with Crippen LogP contribution >= 0.6 is 0 Å². The molecule has 1 saturated carbocycles. The largest absolute Gasteiger partial charge is 0.481 e. The molecule has 0 radical (unpaired) electrons. The van der Waals surface area contributed by atoms with Crippen LogP contribution in [0.15, 0.2) is 11.1 Å². The monoisotopic (exact) mass is 363 g/mol. The lowest BCUT2D eigenvalue weighted by Gasteiger charge is -2.31. The molecular formula is C22H37NO3. The van der Waals surface area contributed by atoms with Gasteiger partial charge in [-0.1, -0.05) is 68.9 Å². The van der Waals surface area contributed by atoms with E-state index in [0.717, 1.165) is 31.3 Å². The highest BCUT2D eigenvalue weighted by Crippen LogP contribution is 2.34. The van der Waals surface area contributed by atoms with Crippen molar-refractivity contribution in [2.45, 2.75) is 103 Å². The summed E-state index contributed by atoms with van der Waals surface area (Å²) in [6.07, 6.45) is 14.6. The summed E-state index contributed by atoms with van der Waals surface area (Å²) in [5.41, 5.74) is 2.31. The molecule has 1 amide bonds. The summed E-state index contributed by atoms with van der Waals surface area (Å²) in [7, 11) is 0. The molecule has 4 nitrogen and oxygen atoms in total. The molecule has 2 aliphatic carbocycles. The second-order valence-corrected chi connectivity index (χ2v) is 8.48. The number of hydrogen-bond acceptors (Lipinski definition) is 2. The number of amides is 1. The zero-order chi connectivity index (χ0) is 18.9. The third kappa shape index (κ3) is 6.44. The molecule has 2 atom stereocenters. The molecule has 148 valence electrons. The van der Waals surface area contributed by atoms with Gasteiger partial charge in [-0.15, -0.1) is 0 Å². The number of carboxylic acids is 1. The SMILES string of the molecule is CC1=C(C)C[C@@H](C(=O)NC2CCCCCCCCCCC2)[C@H](C(=O)O)C1. The minimum atomic E-state index is -0.837. The first-order chi connectivity index (χ1) is 12.5. The van der Waals surface area contributed by atoms with Crippen molar-refractivity contribution in [1.82, 2.24) is 5.32 Å². The topological polar surface area (TPSA) is 66.4 Å². The number of rotatable bonds is 3. The van der Waals surface area contributed by atoms with E-state index in [9.17, 15) is 14.7 Å². The highest BCUT2D eigenvalue weighted by atomic mass is 16.4. The first-order valence-electron chi connectivity index (χ1n) is 10.7. The van der Waals surface area contributed by atoms with Gasteiger partial charge < -0.3 is 10.4 Å². The zero-order valence-electron chi connectivity index (χ0n) is 16.7. The van der Waals surface area contributed by atoms with Crippen molar-refractivity contribution in [3.63, 3.8) is 0 Å². The normalized spacial score (nSPS) is 27.3. The summed E-state index contributed by atoms with van der Waals surface area (Å²) in [5.74, 6) is -1.88. The Morgan fingerprint density at radius 2 is 1.19 bits per heavy atom. The summed E-state index contributed by atoms with van der Waals surface area (Å²) in [4.78, 5) is 24.6. The molecule has 0 aromatic rings. The van der Waals surface area contributed by atoms with E-state index in [1.54, 1.807) is 0 Å². The maximum atomic E-state index is 12.9. The Morgan fingerprint density at radius 3 is 1.65 bits per heavy atom. The summed E-state index contributed by atoms with van der Waals surface area (Å²) in [6.45, 7) is 4.02. The van der Waals surface area contributed by atoms with E-state index in [2.05, 4.69) is 5.32 Å². The van der Waals surface area contributed by atoms with E-state index in [-0.39, 0.29) is 11.9 Å². The van der Waals surface area contributed by atoms with E-state index in [1.807, 2.05) is 13.8 Å². The quantitative estimate of drug-likeness (QED) is 0.675. The average Bonchev–Trinajstić information content (AvgIpc) is 2.59. The number of allylic oxidation sites excluding steroid dienone is 2. The van der Waals surface area contributed by atoms with Gasteiger partial charge in [0.25, 0.3) is 0 Å². The van der Waals surface area contributed by atoms with Crippen molar-refractivity contribution in [3.8, 4) is 0 Å². The Labute approximate surface area is 158 Å². The van der Waals surface area contributed by atoms with Crippen LogP contribution in [0.5, 0.6) is 0 Å². The fraction of sp³-hybridized carbons (Fsp3) is 0.818. The highest BCUT2D eigenvalue weighted by Gasteiger charge is 2.37. The molecule has 0 heterocycles. The Balaban J connectivity index is 1.96. The van der Waals surface area contributed by atoms with E-state index >= 15 is 0 Å². The van der Waals surface area contributed by atoms with Gasteiger partial charge in [0.15, 0.2) is 0 Å². The summed E-state index contributed by atoms with van der Waals surface area (Å²) < 4.78 is 0. The maximum absolute atomic E-state index is 12.9. The van der Waals surface area contributed by atoms with Gasteiger partial charge in [0.1, 0.15) is 0 Å².